The van der Waals surface area contributed by atoms with Crippen molar-refractivity contribution < 1.29 is 14.0 Å². The minimum absolute atomic E-state index is 0.0542. The third kappa shape index (κ3) is 4.49. The van der Waals surface area contributed by atoms with E-state index in [9.17, 15) is 14.0 Å². The molecule has 3 aromatic rings. The van der Waals surface area contributed by atoms with Crippen molar-refractivity contribution in [2.24, 2.45) is 5.73 Å². The Kier molecular flexibility index (Phi) is 5.95. The van der Waals surface area contributed by atoms with Crippen LogP contribution in [0.2, 0.25) is 0 Å². The fourth-order valence-electron chi connectivity index (χ4n) is 2.76. The quantitative estimate of drug-likeness (QED) is 0.531. The molecule has 3 rings (SSSR count). The van der Waals surface area contributed by atoms with Gasteiger partial charge in [-0.3, -0.25) is 19.3 Å². The lowest BCUT2D eigenvalue weighted by Crippen LogP contribution is -2.37. The van der Waals surface area contributed by atoms with Crippen LogP contribution in [0.1, 0.15) is 18.0 Å². The predicted octanol–water partition coefficient (Wildman–Crippen LogP) is 2.48. The summed E-state index contributed by atoms with van der Waals surface area (Å²) >= 11 is 5.22. The first-order valence-electron chi connectivity index (χ1n) is 8.50. The Bertz CT molecular complexity index is 1030. The second-order valence-electron chi connectivity index (χ2n) is 6.07. The summed E-state index contributed by atoms with van der Waals surface area (Å²) in [6, 6.07) is 13.6. The molecular weight excluding hydrogens is 381 g/mol. The van der Waals surface area contributed by atoms with Crippen molar-refractivity contribution in [3.8, 4) is 11.4 Å². The van der Waals surface area contributed by atoms with Crippen LogP contribution in [0.5, 0.6) is 0 Å². The Morgan fingerprint density at radius 2 is 1.86 bits per heavy atom. The van der Waals surface area contributed by atoms with Gasteiger partial charge in [-0.25, -0.2) is 4.39 Å². The molecule has 7 nitrogen and oxygen atoms in total. The third-order valence-corrected chi connectivity index (χ3v) is 4.46. The number of nitrogens with two attached hydrogens (primary N) is 1. The van der Waals surface area contributed by atoms with Crippen molar-refractivity contribution in [1.82, 2.24) is 20.1 Å². The number of hydrogen-bond donors (Lipinski definition) is 3. The summed E-state index contributed by atoms with van der Waals surface area (Å²) < 4.78 is 15.1. The Labute approximate surface area is 165 Å². The summed E-state index contributed by atoms with van der Waals surface area (Å²) in [5.74, 6) is -0.873. The van der Waals surface area contributed by atoms with Gasteiger partial charge in [-0.15, -0.1) is 0 Å². The molecule has 2 aromatic carbocycles. The molecule has 0 bridgehead atoms. The first kappa shape index (κ1) is 19.4. The summed E-state index contributed by atoms with van der Waals surface area (Å²) in [5.41, 5.74) is 6.69. The average molecular weight is 399 g/mol. The number of amides is 2. The maximum atomic E-state index is 13.1. The maximum absolute atomic E-state index is 13.1. The van der Waals surface area contributed by atoms with Crippen LogP contribution in [-0.4, -0.2) is 26.6 Å². The van der Waals surface area contributed by atoms with Gasteiger partial charge in [0, 0.05) is 18.5 Å². The lowest BCUT2D eigenvalue weighted by molar-refractivity contribution is -0.127. The number of carbonyl (C=O) groups excluding carboxylic acids is 2. The Morgan fingerprint density at radius 3 is 2.50 bits per heavy atom. The highest BCUT2D eigenvalue weighted by molar-refractivity contribution is 7.71. The van der Waals surface area contributed by atoms with E-state index >= 15 is 0 Å². The largest absolute Gasteiger partial charge is 0.368 e. The minimum Gasteiger partial charge on any atom is -0.368 e. The Hall–Kier alpha value is -3.33. The highest BCUT2D eigenvalue weighted by atomic mass is 32.1. The van der Waals surface area contributed by atoms with E-state index < -0.39 is 11.9 Å². The van der Waals surface area contributed by atoms with Gasteiger partial charge in [-0.1, -0.05) is 30.3 Å². The van der Waals surface area contributed by atoms with Crippen LogP contribution in [-0.2, 0) is 16.1 Å². The van der Waals surface area contributed by atoms with Crippen molar-refractivity contribution in [2.45, 2.75) is 19.0 Å². The van der Waals surface area contributed by atoms with Crippen molar-refractivity contribution in [1.29, 1.82) is 0 Å². The van der Waals surface area contributed by atoms with Gasteiger partial charge >= 0.3 is 0 Å². The van der Waals surface area contributed by atoms with E-state index in [4.69, 9.17) is 18.0 Å². The standard InChI is InChI=1S/C19H18FN5O2S/c20-14-8-6-13(7-9-14)18-23-24-19(28)25(18)11-10-15(26)22-16(17(21)27)12-4-2-1-3-5-12/h1-9,16H,10-11H2,(H2,21,27)(H,22,26)(H,24,28)/t16-/m1/s1. The van der Waals surface area contributed by atoms with E-state index in [1.807, 2.05) is 0 Å². The van der Waals surface area contributed by atoms with E-state index in [-0.39, 0.29) is 24.7 Å². The van der Waals surface area contributed by atoms with Crippen LogP contribution in [0, 0.1) is 10.6 Å². The van der Waals surface area contributed by atoms with Crippen molar-refractivity contribution in [3.05, 3.63) is 70.7 Å². The van der Waals surface area contributed by atoms with Crippen molar-refractivity contribution in [3.63, 3.8) is 0 Å². The molecule has 4 N–H and O–H groups in total. The van der Waals surface area contributed by atoms with Crippen molar-refractivity contribution >= 4 is 24.0 Å². The third-order valence-electron chi connectivity index (χ3n) is 4.15. The molecule has 0 radical (unpaired) electrons. The van der Waals surface area contributed by atoms with Gasteiger partial charge in [0.05, 0.1) is 0 Å². The number of primary amides is 1. The zero-order valence-corrected chi connectivity index (χ0v) is 15.6. The molecule has 0 spiro atoms. The topological polar surface area (TPSA) is 106 Å². The van der Waals surface area contributed by atoms with E-state index in [0.29, 0.717) is 21.7 Å². The maximum Gasteiger partial charge on any atom is 0.244 e. The second-order valence-corrected chi connectivity index (χ2v) is 6.46. The molecule has 144 valence electrons. The molecule has 9 heteroatoms. The molecular formula is C19H18FN5O2S. The first-order chi connectivity index (χ1) is 13.5. The first-order valence-corrected chi connectivity index (χ1v) is 8.91. The van der Waals surface area contributed by atoms with E-state index in [1.165, 1.54) is 12.1 Å². The van der Waals surface area contributed by atoms with E-state index in [2.05, 4.69) is 15.5 Å². The number of halogens is 1. The number of hydrogen-bond acceptors (Lipinski definition) is 4. The molecule has 1 aromatic heterocycles. The lowest BCUT2D eigenvalue weighted by Gasteiger charge is -2.16. The summed E-state index contributed by atoms with van der Waals surface area (Å²) in [5, 5.41) is 9.46. The number of nitrogens with one attached hydrogen (secondary N) is 2. The fraction of sp³-hybridized carbons (Fsp3) is 0.158. The van der Waals surface area contributed by atoms with Gasteiger partial charge in [0.1, 0.15) is 11.9 Å². The van der Waals surface area contributed by atoms with Crippen LogP contribution in [0.15, 0.2) is 54.6 Å². The minimum atomic E-state index is -0.914. The zero-order valence-electron chi connectivity index (χ0n) is 14.8. The summed E-state index contributed by atoms with van der Waals surface area (Å²) in [6.07, 6.45) is 0.0542. The highest BCUT2D eigenvalue weighted by Gasteiger charge is 2.20. The van der Waals surface area contributed by atoms with Gasteiger partial charge in [0.15, 0.2) is 10.6 Å². The normalized spacial score (nSPS) is 11.8. The predicted molar refractivity (Wildman–Crippen MR) is 104 cm³/mol. The molecule has 1 atom stereocenters. The lowest BCUT2D eigenvalue weighted by atomic mass is 10.1. The summed E-state index contributed by atoms with van der Waals surface area (Å²) in [4.78, 5) is 24.1. The molecule has 0 unspecified atom stereocenters. The summed E-state index contributed by atoms with van der Waals surface area (Å²) in [7, 11) is 0. The molecule has 0 saturated heterocycles. The van der Waals surface area contributed by atoms with Gasteiger partial charge < -0.3 is 11.1 Å². The Balaban J connectivity index is 1.71. The smallest absolute Gasteiger partial charge is 0.244 e. The number of H-pyrrole nitrogens is 1. The van der Waals surface area contributed by atoms with Gasteiger partial charge in [-0.2, -0.15) is 5.10 Å². The number of aromatic amines is 1. The SMILES string of the molecule is NC(=O)[C@H](NC(=O)CCn1c(-c2ccc(F)cc2)n[nH]c1=S)c1ccccc1. The van der Waals surface area contributed by atoms with E-state index in [0.717, 1.165) is 0 Å². The zero-order chi connectivity index (χ0) is 20.1. The Morgan fingerprint density at radius 1 is 1.18 bits per heavy atom. The number of aromatic nitrogens is 3. The number of carbonyl (C=O) groups is 2. The fourth-order valence-corrected chi connectivity index (χ4v) is 2.98. The van der Waals surface area contributed by atoms with Gasteiger partial charge in [0.2, 0.25) is 11.8 Å². The van der Waals surface area contributed by atoms with Crippen LogP contribution in [0.3, 0.4) is 0 Å². The molecule has 0 fully saturated rings. The second kappa shape index (κ2) is 8.57. The number of nitrogens with zero attached hydrogens (tertiary/aromatic N) is 2. The van der Waals surface area contributed by atoms with Crippen LogP contribution >= 0.6 is 12.2 Å². The molecule has 28 heavy (non-hydrogen) atoms. The van der Waals surface area contributed by atoms with Crippen LogP contribution < -0.4 is 11.1 Å². The highest BCUT2D eigenvalue weighted by Crippen LogP contribution is 2.18. The average Bonchev–Trinajstić information content (AvgIpc) is 3.06. The van der Waals surface area contributed by atoms with Gasteiger partial charge in [-0.05, 0) is 42.0 Å². The monoisotopic (exact) mass is 399 g/mol. The molecule has 1 heterocycles. The molecule has 0 aliphatic carbocycles. The van der Waals surface area contributed by atoms with Gasteiger partial charge in [0.25, 0.3) is 0 Å². The van der Waals surface area contributed by atoms with Crippen LogP contribution in [0.4, 0.5) is 4.39 Å². The molecule has 0 saturated carbocycles. The number of benzene rings is 2. The summed E-state index contributed by atoms with van der Waals surface area (Å²) in [6.45, 7) is 0.230. The van der Waals surface area contributed by atoms with E-state index in [1.54, 1.807) is 47.0 Å². The van der Waals surface area contributed by atoms with Crippen molar-refractivity contribution in [2.75, 3.05) is 0 Å². The van der Waals surface area contributed by atoms with Crippen LogP contribution in [0.25, 0.3) is 11.4 Å². The number of rotatable bonds is 7. The molecule has 0 aliphatic rings. The molecule has 0 aliphatic heterocycles. The molecule has 2 amide bonds.